The molecule has 0 spiro atoms. The summed E-state index contributed by atoms with van der Waals surface area (Å²) in [6, 6.07) is 16.3. The summed E-state index contributed by atoms with van der Waals surface area (Å²) in [5.74, 6) is 0.740. The summed E-state index contributed by atoms with van der Waals surface area (Å²) in [4.78, 5) is 21.6. The highest BCUT2D eigenvalue weighted by atomic mass is 32.1. The molecule has 1 aliphatic rings. The molecule has 30 heavy (non-hydrogen) atoms. The van der Waals surface area contributed by atoms with Gasteiger partial charge in [0.1, 0.15) is 16.5 Å². The summed E-state index contributed by atoms with van der Waals surface area (Å²) in [5.41, 5.74) is 3.86. The standard InChI is InChI=1S/C24H27N3O2S/c1-26(16-18-6-10-20(11-7-18)27-14-4-3-5-15-27)24(28)22-17-30-23(25-22)19-8-12-21(29-2)13-9-19/h6-13,17H,3-5,14-16H2,1-2H3. The lowest BCUT2D eigenvalue weighted by Gasteiger charge is -2.29. The minimum absolute atomic E-state index is 0.0638. The molecule has 3 aromatic rings. The van der Waals surface area contributed by atoms with Gasteiger partial charge in [0.25, 0.3) is 5.91 Å². The first-order chi connectivity index (χ1) is 14.6. The minimum atomic E-state index is -0.0638. The molecule has 2 heterocycles. The van der Waals surface area contributed by atoms with Crippen molar-refractivity contribution in [2.24, 2.45) is 0 Å². The second kappa shape index (κ2) is 9.30. The third-order valence-electron chi connectivity index (χ3n) is 5.48. The van der Waals surface area contributed by atoms with Crippen LogP contribution in [-0.2, 0) is 6.54 Å². The second-order valence-electron chi connectivity index (χ2n) is 7.64. The first-order valence-electron chi connectivity index (χ1n) is 10.3. The Balaban J connectivity index is 1.39. The van der Waals surface area contributed by atoms with Crippen LogP contribution in [0, 0.1) is 0 Å². The van der Waals surface area contributed by atoms with Crippen molar-refractivity contribution in [2.45, 2.75) is 25.8 Å². The molecule has 1 aliphatic heterocycles. The number of amides is 1. The molecule has 0 saturated carbocycles. The molecule has 1 amide bonds. The van der Waals surface area contributed by atoms with Crippen LogP contribution in [0.5, 0.6) is 5.75 Å². The van der Waals surface area contributed by atoms with Crippen LogP contribution in [0.2, 0.25) is 0 Å². The van der Waals surface area contributed by atoms with Crippen molar-refractivity contribution in [1.82, 2.24) is 9.88 Å². The van der Waals surface area contributed by atoms with Gasteiger partial charge in [0.15, 0.2) is 0 Å². The lowest BCUT2D eigenvalue weighted by atomic mass is 10.1. The molecule has 156 valence electrons. The van der Waals surface area contributed by atoms with Crippen molar-refractivity contribution in [3.05, 3.63) is 65.2 Å². The van der Waals surface area contributed by atoms with E-state index >= 15 is 0 Å². The number of aromatic nitrogens is 1. The molecule has 0 unspecified atom stereocenters. The zero-order valence-electron chi connectivity index (χ0n) is 17.5. The summed E-state index contributed by atoms with van der Waals surface area (Å²) in [7, 11) is 3.47. The van der Waals surface area contributed by atoms with Crippen LogP contribution in [-0.4, -0.2) is 43.0 Å². The summed E-state index contributed by atoms with van der Waals surface area (Å²) in [5, 5.41) is 2.66. The van der Waals surface area contributed by atoms with Gasteiger partial charge in [-0.2, -0.15) is 0 Å². The van der Waals surface area contributed by atoms with Crippen LogP contribution >= 0.6 is 11.3 Å². The number of nitrogens with zero attached hydrogens (tertiary/aromatic N) is 3. The van der Waals surface area contributed by atoms with Crippen molar-refractivity contribution in [3.8, 4) is 16.3 Å². The molecule has 5 nitrogen and oxygen atoms in total. The molecule has 4 rings (SSSR count). The molecule has 0 aliphatic carbocycles. The van der Waals surface area contributed by atoms with E-state index in [2.05, 4.69) is 34.1 Å². The number of ether oxygens (including phenoxy) is 1. The van der Waals surface area contributed by atoms with Gasteiger partial charge in [-0.25, -0.2) is 4.98 Å². The van der Waals surface area contributed by atoms with Crippen LogP contribution in [0.25, 0.3) is 10.6 Å². The van der Waals surface area contributed by atoms with Gasteiger partial charge in [-0.05, 0) is 61.2 Å². The smallest absolute Gasteiger partial charge is 0.273 e. The van der Waals surface area contributed by atoms with Gasteiger partial charge in [0.2, 0.25) is 0 Å². The van der Waals surface area contributed by atoms with Crippen LogP contribution in [0.1, 0.15) is 35.3 Å². The Morgan fingerprint density at radius 1 is 1.07 bits per heavy atom. The molecular formula is C24H27N3O2S. The number of methoxy groups -OCH3 is 1. The fourth-order valence-corrected chi connectivity index (χ4v) is 4.54. The van der Waals surface area contributed by atoms with E-state index in [1.807, 2.05) is 36.7 Å². The van der Waals surface area contributed by atoms with E-state index in [0.29, 0.717) is 12.2 Å². The van der Waals surface area contributed by atoms with Crippen LogP contribution in [0.3, 0.4) is 0 Å². The van der Waals surface area contributed by atoms with Crippen molar-refractivity contribution in [1.29, 1.82) is 0 Å². The van der Waals surface area contributed by atoms with E-state index in [1.165, 1.54) is 36.3 Å². The van der Waals surface area contributed by atoms with E-state index in [-0.39, 0.29) is 5.91 Å². The average Bonchev–Trinajstić information content (AvgIpc) is 3.30. The number of hydrogen-bond donors (Lipinski definition) is 0. The Morgan fingerprint density at radius 3 is 2.43 bits per heavy atom. The minimum Gasteiger partial charge on any atom is -0.497 e. The maximum atomic E-state index is 12.9. The lowest BCUT2D eigenvalue weighted by Crippen LogP contribution is -2.29. The highest BCUT2D eigenvalue weighted by Crippen LogP contribution is 2.26. The summed E-state index contributed by atoms with van der Waals surface area (Å²) in [6.45, 7) is 2.84. The largest absolute Gasteiger partial charge is 0.497 e. The SMILES string of the molecule is COc1ccc(-c2nc(C(=O)N(C)Cc3ccc(N4CCCCC4)cc3)cs2)cc1. The van der Waals surface area contributed by atoms with Crippen LogP contribution in [0.15, 0.2) is 53.9 Å². The van der Waals surface area contributed by atoms with Crippen LogP contribution in [0.4, 0.5) is 5.69 Å². The summed E-state index contributed by atoms with van der Waals surface area (Å²) >= 11 is 1.48. The number of piperidine rings is 1. The fraction of sp³-hybridized carbons (Fsp3) is 0.333. The van der Waals surface area contributed by atoms with Gasteiger partial charge in [-0.1, -0.05) is 12.1 Å². The molecule has 1 aromatic heterocycles. The van der Waals surface area contributed by atoms with Gasteiger partial charge in [-0.3, -0.25) is 4.79 Å². The Bertz CT molecular complexity index is 976. The maximum Gasteiger partial charge on any atom is 0.273 e. The third-order valence-corrected chi connectivity index (χ3v) is 6.38. The van der Waals surface area contributed by atoms with E-state index in [4.69, 9.17) is 4.74 Å². The summed E-state index contributed by atoms with van der Waals surface area (Å²) in [6.07, 6.45) is 3.87. The highest BCUT2D eigenvalue weighted by molar-refractivity contribution is 7.13. The number of hydrogen-bond acceptors (Lipinski definition) is 5. The normalized spacial score (nSPS) is 13.9. The van der Waals surface area contributed by atoms with E-state index in [1.54, 1.807) is 12.0 Å². The van der Waals surface area contributed by atoms with E-state index in [9.17, 15) is 4.79 Å². The summed E-state index contributed by atoms with van der Waals surface area (Å²) < 4.78 is 5.20. The number of benzene rings is 2. The topological polar surface area (TPSA) is 45.7 Å². The Hall–Kier alpha value is -2.86. The first-order valence-corrected chi connectivity index (χ1v) is 11.2. The molecule has 0 N–H and O–H groups in total. The zero-order chi connectivity index (χ0) is 20.9. The number of thiazole rings is 1. The average molecular weight is 422 g/mol. The van der Waals surface area contributed by atoms with Crippen molar-refractivity contribution in [2.75, 3.05) is 32.1 Å². The molecular weight excluding hydrogens is 394 g/mol. The van der Waals surface area contributed by atoms with E-state index < -0.39 is 0 Å². The predicted octanol–water partition coefficient (Wildman–Crippen LogP) is 5.08. The van der Waals surface area contributed by atoms with Gasteiger partial charge < -0.3 is 14.5 Å². The van der Waals surface area contributed by atoms with Gasteiger partial charge in [0.05, 0.1) is 7.11 Å². The van der Waals surface area contributed by atoms with Crippen LogP contribution < -0.4 is 9.64 Å². The van der Waals surface area contributed by atoms with Crippen molar-refractivity contribution in [3.63, 3.8) is 0 Å². The third kappa shape index (κ3) is 4.65. The highest BCUT2D eigenvalue weighted by Gasteiger charge is 2.17. The van der Waals surface area contributed by atoms with Gasteiger partial charge in [-0.15, -0.1) is 11.3 Å². The number of anilines is 1. The Labute approximate surface area is 181 Å². The van der Waals surface area contributed by atoms with Crippen molar-refractivity contribution >= 4 is 22.9 Å². The molecule has 1 fully saturated rings. The Kier molecular flexibility index (Phi) is 6.33. The number of carbonyl (C=O) groups excluding carboxylic acids is 1. The molecule has 2 aromatic carbocycles. The van der Waals surface area contributed by atoms with E-state index in [0.717, 1.165) is 35.0 Å². The molecule has 0 atom stereocenters. The monoisotopic (exact) mass is 421 g/mol. The quantitative estimate of drug-likeness (QED) is 0.557. The van der Waals surface area contributed by atoms with Crippen molar-refractivity contribution < 1.29 is 9.53 Å². The Morgan fingerprint density at radius 2 is 1.77 bits per heavy atom. The second-order valence-corrected chi connectivity index (χ2v) is 8.50. The van der Waals surface area contributed by atoms with Gasteiger partial charge in [0, 0.05) is 43.3 Å². The fourth-order valence-electron chi connectivity index (χ4n) is 3.74. The maximum absolute atomic E-state index is 12.9. The zero-order valence-corrected chi connectivity index (χ0v) is 18.3. The number of rotatable bonds is 6. The molecule has 0 bridgehead atoms. The van der Waals surface area contributed by atoms with Gasteiger partial charge >= 0.3 is 0 Å². The molecule has 0 radical (unpaired) electrons. The predicted molar refractivity (Wildman–Crippen MR) is 122 cm³/mol. The molecule has 6 heteroatoms. The molecule has 1 saturated heterocycles. The lowest BCUT2D eigenvalue weighted by molar-refractivity contribution is 0.0780. The first kappa shape index (κ1) is 20.4. The number of carbonyl (C=O) groups is 1.